The molecule has 0 saturated carbocycles. The number of rotatable bonds is 7. The molecule has 134 valence electrons. The highest BCUT2D eigenvalue weighted by Gasteiger charge is 2.06. The van der Waals surface area contributed by atoms with E-state index < -0.39 is 0 Å². The van der Waals surface area contributed by atoms with Crippen molar-refractivity contribution in [3.05, 3.63) is 59.2 Å². The average Bonchev–Trinajstić information content (AvgIpc) is 2.64. The van der Waals surface area contributed by atoms with Gasteiger partial charge in [-0.05, 0) is 36.1 Å². The molecular weight excluding hydrogens is 314 g/mol. The van der Waals surface area contributed by atoms with Crippen LogP contribution in [0.2, 0.25) is 0 Å². The highest BCUT2D eigenvalue weighted by atomic mass is 16.5. The van der Waals surface area contributed by atoms with Gasteiger partial charge >= 0.3 is 0 Å². The maximum absolute atomic E-state index is 5.98. The van der Waals surface area contributed by atoms with Gasteiger partial charge < -0.3 is 20.5 Å². The predicted molar refractivity (Wildman–Crippen MR) is 102 cm³/mol. The summed E-state index contributed by atoms with van der Waals surface area (Å²) in [5.41, 5.74) is 9.54. The highest BCUT2D eigenvalue weighted by molar-refractivity contribution is 5.77. The molecule has 1 atom stereocenters. The van der Waals surface area contributed by atoms with E-state index in [0.717, 1.165) is 12.1 Å². The van der Waals surface area contributed by atoms with Crippen molar-refractivity contribution < 1.29 is 9.47 Å². The minimum Gasteiger partial charge on any atom is -0.493 e. The number of aryl methyl sites for hydroxylation is 1. The number of aliphatic imine (C=N–C) groups is 1. The van der Waals surface area contributed by atoms with Gasteiger partial charge in [0.05, 0.1) is 20.8 Å². The Morgan fingerprint density at radius 3 is 2.40 bits per heavy atom. The Morgan fingerprint density at radius 2 is 1.76 bits per heavy atom. The van der Waals surface area contributed by atoms with E-state index in [0.29, 0.717) is 29.9 Å². The first-order chi connectivity index (χ1) is 12.0. The number of guanidine groups is 1. The summed E-state index contributed by atoms with van der Waals surface area (Å²) in [5, 5.41) is 3.19. The normalized spacial score (nSPS) is 12.6. The van der Waals surface area contributed by atoms with E-state index in [-0.39, 0.29) is 0 Å². The zero-order valence-corrected chi connectivity index (χ0v) is 15.4. The summed E-state index contributed by atoms with van der Waals surface area (Å²) in [6.45, 7) is 5.48. The molecule has 5 heteroatoms. The van der Waals surface area contributed by atoms with Gasteiger partial charge in [0.2, 0.25) is 0 Å². The van der Waals surface area contributed by atoms with Crippen LogP contribution in [0, 0.1) is 6.92 Å². The maximum Gasteiger partial charge on any atom is 0.188 e. The third kappa shape index (κ3) is 5.41. The fraction of sp³-hybridized carbons (Fsp3) is 0.350. The maximum atomic E-state index is 5.98. The topological polar surface area (TPSA) is 68.9 Å². The average molecular weight is 341 g/mol. The van der Waals surface area contributed by atoms with Crippen LogP contribution >= 0.6 is 0 Å². The number of nitrogens with two attached hydrogens (primary N) is 1. The molecule has 1 unspecified atom stereocenters. The van der Waals surface area contributed by atoms with Crippen molar-refractivity contribution in [2.24, 2.45) is 10.7 Å². The first-order valence-corrected chi connectivity index (χ1v) is 8.34. The molecule has 0 fully saturated rings. The van der Waals surface area contributed by atoms with Gasteiger partial charge in [-0.3, -0.25) is 0 Å². The Kier molecular flexibility index (Phi) is 6.69. The molecule has 0 aliphatic carbocycles. The molecule has 2 rings (SSSR count). The standard InChI is InChI=1S/C20H27N3O2/c1-14-5-8-17(9-6-14)15(2)12-22-20(21)23-13-16-7-10-18(24-3)19(11-16)25-4/h5-11,15H,12-13H2,1-4H3,(H3,21,22,23). The zero-order chi connectivity index (χ0) is 18.2. The van der Waals surface area contributed by atoms with E-state index in [1.807, 2.05) is 18.2 Å². The second-order valence-corrected chi connectivity index (χ2v) is 6.08. The first kappa shape index (κ1) is 18.6. The van der Waals surface area contributed by atoms with Crippen molar-refractivity contribution in [1.82, 2.24) is 5.32 Å². The fourth-order valence-corrected chi connectivity index (χ4v) is 2.48. The molecular formula is C20H27N3O2. The summed E-state index contributed by atoms with van der Waals surface area (Å²) < 4.78 is 10.5. The van der Waals surface area contributed by atoms with Gasteiger partial charge in [0.1, 0.15) is 0 Å². The van der Waals surface area contributed by atoms with Crippen LogP contribution in [0.1, 0.15) is 29.5 Å². The van der Waals surface area contributed by atoms with E-state index in [9.17, 15) is 0 Å². The summed E-state index contributed by atoms with van der Waals surface area (Å²) >= 11 is 0. The predicted octanol–water partition coefficient (Wildman–Crippen LogP) is 3.22. The first-order valence-electron chi connectivity index (χ1n) is 8.34. The Balaban J connectivity index is 1.90. The molecule has 0 heterocycles. The van der Waals surface area contributed by atoms with Crippen LogP contribution in [-0.2, 0) is 6.54 Å². The molecule has 0 saturated heterocycles. The van der Waals surface area contributed by atoms with Gasteiger partial charge in [0.15, 0.2) is 17.5 Å². The highest BCUT2D eigenvalue weighted by Crippen LogP contribution is 2.27. The van der Waals surface area contributed by atoms with Crippen LogP contribution in [-0.4, -0.2) is 26.7 Å². The molecule has 0 bridgehead atoms. The molecule has 2 aromatic carbocycles. The lowest BCUT2D eigenvalue weighted by Crippen LogP contribution is -2.34. The molecule has 0 aromatic heterocycles. The van der Waals surface area contributed by atoms with Crippen molar-refractivity contribution >= 4 is 5.96 Å². The van der Waals surface area contributed by atoms with Gasteiger partial charge in [0.25, 0.3) is 0 Å². The Morgan fingerprint density at radius 1 is 1.08 bits per heavy atom. The van der Waals surface area contributed by atoms with Gasteiger partial charge in [0, 0.05) is 6.54 Å². The largest absolute Gasteiger partial charge is 0.493 e. The SMILES string of the molecule is COc1ccc(CN=C(N)NCC(C)c2ccc(C)cc2)cc1OC. The monoisotopic (exact) mass is 341 g/mol. The summed E-state index contributed by atoms with van der Waals surface area (Å²) in [6, 6.07) is 14.3. The summed E-state index contributed by atoms with van der Waals surface area (Å²) in [5.74, 6) is 2.19. The molecule has 0 aliphatic rings. The number of hydrogen-bond acceptors (Lipinski definition) is 3. The van der Waals surface area contributed by atoms with Crippen LogP contribution in [0.4, 0.5) is 0 Å². The van der Waals surface area contributed by atoms with Crippen LogP contribution in [0.15, 0.2) is 47.5 Å². The number of ether oxygens (including phenoxy) is 2. The minimum atomic E-state index is 0.357. The lowest BCUT2D eigenvalue weighted by molar-refractivity contribution is 0.354. The molecule has 0 aliphatic heterocycles. The zero-order valence-electron chi connectivity index (χ0n) is 15.4. The lowest BCUT2D eigenvalue weighted by atomic mass is 10.0. The van der Waals surface area contributed by atoms with Crippen LogP contribution in [0.25, 0.3) is 0 Å². The van der Waals surface area contributed by atoms with Gasteiger partial charge in [-0.25, -0.2) is 4.99 Å². The number of methoxy groups -OCH3 is 2. The smallest absolute Gasteiger partial charge is 0.188 e. The van der Waals surface area contributed by atoms with Crippen molar-refractivity contribution in [1.29, 1.82) is 0 Å². The van der Waals surface area contributed by atoms with Crippen molar-refractivity contribution in [2.75, 3.05) is 20.8 Å². The molecule has 0 spiro atoms. The summed E-state index contributed by atoms with van der Waals surface area (Å²) in [7, 11) is 3.24. The van der Waals surface area contributed by atoms with E-state index in [4.69, 9.17) is 15.2 Å². The van der Waals surface area contributed by atoms with E-state index in [2.05, 4.69) is 48.4 Å². The molecule has 0 radical (unpaired) electrons. The molecule has 0 amide bonds. The fourth-order valence-electron chi connectivity index (χ4n) is 2.48. The number of nitrogens with zero attached hydrogens (tertiary/aromatic N) is 1. The van der Waals surface area contributed by atoms with Crippen molar-refractivity contribution in [2.45, 2.75) is 26.3 Å². The second kappa shape index (κ2) is 8.97. The van der Waals surface area contributed by atoms with Gasteiger partial charge in [-0.1, -0.05) is 42.8 Å². The lowest BCUT2D eigenvalue weighted by Gasteiger charge is -2.14. The third-order valence-corrected chi connectivity index (χ3v) is 4.12. The molecule has 3 N–H and O–H groups in total. The number of benzene rings is 2. The minimum absolute atomic E-state index is 0.357. The number of nitrogens with one attached hydrogen (secondary N) is 1. The molecule has 25 heavy (non-hydrogen) atoms. The Bertz CT molecular complexity index is 711. The quantitative estimate of drug-likeness (QED) is 0.599. The van der Waals surface area contributed by atoms with E-state index in [1.165, 1.54) is 11.1 Å². The van der Waals surface area contributed by atoms with Gasteiger partial charge in [-0.2, -0.15) is 0 Å². The molecule has 5 nitrogen and oxygen atoms in total. The third-order valence-electron chi connectivity index (χ3n) is 4.12. The van der Waals surface area contributed by atoms with Crippen molar-refractivity contribution in [3.63, 3.8) is 0 Å². The van der Waals surface area contributed by atoms with E-state index in [1.54, 1.807) is 14.2 Å². The molecule has 2 aromatic rings. The second-order valence-electron chi connectivity index (χ2n) is 6.08. The summed E-state index contributed by atoms with van der Waals surface area (Å²) in [6.07, 6.45) is 0. The Labute approximate surface area is 149 Å². The summed E-state index contributed by atoms with van der Waals surface area (Å²) in [4.78, 5) is 4.39. The van der Waals surface area contributed by atoms with Crippen LogP contribution < -0.4 is 20.5 Å². The van der Waals surface area contributed by atoms with Crippen LogP contribution in [0.5, 0.6) is 11.5 Å². The van der Waals surface area contributed by atoms with Gasteiger partial charge in [-0.15, -0.1) is 0 Å². The van der Waals surface area contributed by atoms with Crippen LogP contribution in [0.3, 0.4) is 0 Å². The van der Waals surface area contributed by atoms with Crippen molar-refractivity contribution in [3.8, 4) is 11.5 Å². The van der Waals surface area contributed by atoms with E-state index >= 15 is 0 Å². The number of hydrogen-bond donors (Lipinski definition) is 2. The Hall–Kier alpha value is -2.69.